The Hall–Kier alpha value is -1.19. The summed E-state index contributed by atoms with van der Waals surface area (Å²) in [4.78, 5) is 3.29. The van der Waals surface area contributed by atoms with E-state index in [4.69, 9.17) is 22.1 Å². The molecule has 0 aliphatic rings. The van der Waals surface area contributed by atoms with E-state index in [2.05, 4.69) is 4.98 Å². The Morgan fingerprint density at radius 1 is 1.44 bits per heavy atom. The molecule has 1 atom stereocenters. The van der Waals surface area contributed by atoms with Crippen LogP contribution in [-0.4, -0.2) is 12.1 Å². The van der Waals surface area contributed by atoms with Gasteiger partial charge >= 0.3 is 0 Å². The third kappa shape index (κ3) is 1.56. The van der Waals surface area contributed by atoms with Gasteiger partial charge in [0.2, 0.25) is 0 Å². The van der Waals surface area contributed by atoms with Crippen LogP contribution in [0.2, 0.25) is 5.02 Å². The number of halogens is 1. The number of ether oxygens (including phenoxy) is 1. The molecule has 0 amide bonds. The molecule has 0 saturated carbocycles. The highest BCUT2D eigenvalue weighted by atomic mass is 35.5. The number of nitrogens with two attached hydrogens (primary N) is 1. The average molecular weight is 239 g/mol. The number of methoxy groups -OCH3 is 1. The predicted molar refractivity (Wildman–Crippen MR) is 67.2 cm³/mol. The number of benzene rings is 1. The molecule has 3 nitrogen and oxygen atoms in total. The minimum Gasteiger partial charge on any atom is -0.495 e. The standard InChI is InChI=1S/C12H15ClN2O/c1-6-10-8(13)4-5-9(16-3)12(10)15-11(6)7(2)14/h4-5,7,15H,14H2,1-3H3. The van der Waals surface area contributed by atoms with Crippen molar-refractivity contribution < 1.29 is 4.74 Å². The van der Waals surface area contributed by atoms with Crippen molar-refractivity contribution in [3.63, 3.8) is 0 Å². The molecule has 3 N–H and O–H groups in total. The molecule has 0 aliphatic carbocycles. The maximum absolute atomic E-state index is 6.19. The van der Waals surface area contributed by atoms with Crippen LogP contribution in [0.15, 0.2) is 12.1 Å². The highest BCUT2D eigenvalue weighted by Crippen LogP contribution is 2.36. The zero-order valence-electron chi connectivity index (χ0n) is 9.60. The summed E-state index contributed by atoms with van der Waals surface area (Å²) in [6.07, 6.45) is 0. The minimum absolute atomic E-state index is 0.0480. The number of nitrogens with one attached hydrogen (secondary N) is 1. The Balaban J connectivity index is 2.83. The summed E-state index contributed by atoms with van der Waals surface area (Å²) >= 11 is 6.19. The van der Waals surface area contributed by atoms with Crippen LogP contribution in [0.25, 0.3) is 10.9 Å². The first-order valence-electron chi connectivity index (χ1n) is 5.16. The third-order valence-corrected chi connectivity index (χ3v) is 3.15. The first kappa shape index (κ1) is 11.3. The van der Waals surface area contributed by atoms with Gasteiger partial charge in [-0.05, 0) is 31.5 Å². The smallest absolute Gasteiger partial charge is 0.143 e. The molecule has 2 aromatic rings. The van der Waals surface area contributed by atoms with Gasteiger partial charge in [-0.15, -0.1) is 0 Å². The molecule has 4 heteroatoms. The van der Waals surface area contributed by atoms with Gasteiger partial charge in [0, 0.05) is 17.1 Å². The molecule has 0 saturated heterocycles. The normalized spacial score (nSPS) is 13.1. The topological polar surface area (TPSA) is 51.0 Å². The van der Waals surface area contributed by atoms with Crippen LogP contribution in [0.3, 0.4) is 0 Å². The van der Waals surface area contributed by atoms with E-state index >= 15 is 0 Å². The van der Waals surface area contributed by atoms with E-state index in [-0.39, 0.29) is 6.04 Å². The summed E-state index contributed by atoms with van der Waals surface area (Å²) in [7, 11) is 1.64. The second-order valence-electron chi connectivity index (χ2n) is 3.95. The second kappa shape index (κ2) is 4.00. The molecule has 0 radical (unpaired) electrons. The molecule has 1 heterocycles. The number of aromatic amines is 1. The van der Waals surface area contributed by atoms with Crippen LogP contribution in [0.4, 0.5) is 0 Å². The quantitative estimate of drug-likeness (QED) is 0.845. The van der Waals surface area contributed by atoms with Gasteiger partial charge in [-0.2, -0.15) is 0 Å². The van der Waals surface area contributed by atoms with Gasteiger partial charge in [0.15, 0.2) is 0 Å². The number of fused-ring (bicyclic) bond motifs is 1. The predicted octanol–water partition coefficient (Wildman–Crippen LogP) is 3.16. The van der Waals surface area contributed by atoms with Crippen molar-refractivity contribution in [1.29, 1.82) is 0 Å². The minimum atomic E-state index is -0.0480. The Morgan fingerprint density at radius 3 is 2.69 bits per heavy atom. The van der Waals surface area contributed by atoms with E-state index in [9.17, 15) is 0 Å². The van der Waals surface area contributed by atoms with Gasteiger partial charge in [0.25, 0.3) is 0 Å². The SMILES string of the molecule is COc1ccc(Cl)c2c(C)c(C(C)N)[nH]c12. The van der Waals surface area contributed by atoms with Gasteiger partial charge < -0.3 is 15.5 Å². The Kier molecular flexibility index (Phi) is 2.82. The fraction of sp³-hybridized carbons (Fsp3) is 0.333. The maximum atomic E-state index is 6.19. The lowest BCUT2D eigenvalue weighted by Crippen LogP contribution is -2.06. The van der Waals surface area contributed by atoms with Crippen LogP contribution >= 0.6 is 11.6 Å². The molecular weight excluding hydrogens is 224 g/mol. The molecule has 0 bridgehead atoms. The Labute approximate surface area is 99.5 Å². The van der Waals surface area contributed by atoms with Crippen molar-refractivity contribution in [3.8, 4) is 5.75 Å². The van der Waals surface area contributed by atoms with Crippen LogP contribution in [0.5, 0.6) is 5.75 Å². The lowest BCUT2D eigenvalue weighted by Gasteiger charge is -2.02. The molecule has 1 aromatic heterocycles. The second-order valence-corrected chi connectivity index (χ2v) is 4.36. The largest absolute Gasteiger partial charge is 0.495 e. The summed E-state index contributed by atoms with van der Waals surface area (Å²) in [6, 6.07) is 3.65. The number of hydrogen-bond acceptors (Lipinski definition) is 2. The van der Waals surface area contributed by atoms with Crippen LogP contribution < -0.4 is 10.5 Å². The molecule has 16 heavy (non-hydrogen) atoms. The lowest BCUT2D eigenvalue weighted by molar-refractivity contribution is 0.419. The number of aryl methyl sites for hydroxylation is 1. The molecule has 0 fully saturated rings. The van der Waals surface area contributed by atoms with Gasteiger partial charge in [-0.3, -0.25) is 0 Å². The zero-order valence-corrected chi connectivity index (χ0v) is 10.4. The van der Waals surface area contributed by atoms with Crippen LogP contribution in [0, 0.1) is 6.92 Å². The van der Waals surface area contributed by atoms with Gasteiger partial charge in [0.1, 0.15) is 5.75 Å². The summed E-state index contributed by atoms with van der Waals surface area (Å²) < 4.78 is 5.30. The molecule has 0 aliphatic heterocycles. The van der Waals surface area contributed by atoms with Gasteiger partial charge in [-0.1, -0.05) is 11.6 Å². The lowest BCUT2D eigenvalue weighted by atomic mass is 10.1. The molecule has 86 valence electrons. The van der Waals surface area contributed by atoms with E-state index in [1.807, 2.05) is 26.0 Å². The Bertz CT molecular complexity index is 531. The average Bonchev–Trinajstić information content (AvgIpc) is 2.58. The van der Waals surface area contributed by atoms with Gasteiger partial charge in [-0.25, -0.2) is 0 Å². The zero-order chi connectivity index (χ0) is 11.9. The highest BCUT2D eigenvalue weighted by Gasteiger charge is 2.16. The first-order chi connectivity index (χ1) is 7.56. The summed E-state index contributed by atoms with van der Waals surface area (Å²) in [5.74, 6) is 0.786. The summed E-state index contributed by atoms with van der Waals surface area (Å²) in [6.45, 7) is 3.96. The number of rotatable bonds is 2. The third-order valence-electron chi connectivity index (χ3n) is 2.83. The van der Waals surface area contributed by atoms with Crippen molar-refractivity contribution in [2.75, 3.05) is 7.11 Å². The van der Waals surface area contributed by atoms with Crippen LogP contribution in [-0.2, 0) is 0 Å². The fourth-order valence-electron chi connectivity index (χ4n) is 2.04. The van der Waals surface area contributed by atoms with Crippen molar-refractivity contribution in [2.24, 2.45) is 5.73 Å². The maximum Gasteiger partial charge on any atom is 0.143 e. The molecule has 1 unspecified atom stereocenters. The van der Waals surface area contributed by atoms with E-state index in [1.165, 1.54) is 0 Å². The van der Waals surface area contributed by atoms with Crippen LogP contribution in [0.1, 0.15) is 24.2 Å². The van der Waals surface area contributed by atoms with Crippen molar-refractivity contribution in [3.05, 3.63) is 28.4 Å². The summed E-state index contributed by atoms with van der Waals surface area (Å²) in [5.41, 5.74) is 8.91. The highest BCUT2D eigenvalue weighted by molar-refractivity contribution is 6.36. The Morgan fingerprint density at radius 2 is 2.12 bits per heavy atom. The molecule has 1 aromatic carbocycles. The molecule has 0 spiro atoms. The number of H-pyrrole nitrogens is 1. The molecular formula is C12H15ClN2O. The van der Waals surface area contributed by atoms with E-state index in [0.29, 0.717) is 0 Å². The van der Waals surface area contributed by atoms with E-state index in [1.54, 1.807) is 7.11 Å². The monoisotopic (exact) mass is 238 g/mol. The van der Waals surface area contributed by atoms with E-state index < -0.39 is 0 Å². The molecule has 2 rings (SSSR count). The fourth-order valence-corrected chi connectivity index (χ4v) is 2.34. The first-order valence-corrected chi connectivity index (χ1v) is 5.54. The number of aromatic nitrogens is 1. The summed E-state index contributed by atoms with van der Waals surface area (Å²) in [5, 5.41) is 1.71. The van der Waals surface area contributed by atoms with Crippen molar-refractivity contribution in [2.45, 2.75) is 19.9 Å². The van der Waals surface area contributed by atoms with Crippen molar-refractivity contribution in [1.82, 2.24) is 4.98 Å². The van der Waals surface area contributed by atoms with Crippen molar-refractivity contribution >= 4 is 22.5 Å². The van der Waals surface area contributed by atoms with E-state index in [0.717, 1.165) is 32.9 Å². The number of hydrogen-bond donors (Lipinski definition) is 2. The van der Waals surface area contributed by atoms with Gasteiger partial charge in [0.05, 0.1) is 17.6 Å².